The van der Waals surface area contributed by atoms with Crippen LogP contribution in [0.4, 0.5) is 0 Å². The molecule has 0 saturated heterocycles. The van der Waals surface area contributed by atoms with E-state index in [0.717, 1.165) is 18.9 Å². The molecule has 0 saturated carbocycles. The molecule has 0 amide bonds. The van der Waals surface area contributed by atoms with Crippen LogP contribution >= 0.6 is 12.0 Å². The molecule has 0 aromatic rings. The Morgan fingerprint density at radius 2 is 2.18 bits per heavy atom. The van der Waals surface area contributed by atoms with Crippen LogP contribution < -0.4 is 5.32 Å². The van der Waals surface area contributed by atoms with Gasteiger partial charge in [0, 0.05) is 11.8 Å². The molecule has 1 N–H and O–H groups in total. The van der Waals surface area contributed by atoms with Crippen molar-refractivity contribution in [3.05, 3.63) is 0 Å². The topological polar surface area (TPSA) is 21.3 Å². The molecule has 0 fully saturated rings. The molecule has 0 aliphatic heterocycles. The van der Waals surface area contributed by atoms with Crippen molar-refractivity contribution >= 4 is 12.0 Å². The third-order valence-electron chi connectivity index (χ3n) is 1.16. The summed E-state index contributed by atoms with van der Waals surface area (Å²) in [7, 11) is 0. The third-order valence-corrected chi connectivity index (χ3v) is 2.02. The van der Waals surface area contributed by atoms with E-state index in [1.807, 2.05) is 6.92 Å². The molecule has 2 nitrogen and oxygen atoms in total. The second-order valence-corrected chi connectivity index (χ2v) is 3.57. The van der Waals surface area contributed by atoms with Crippen LogP contribution in [-0.4, -0.2) is 24.9 Å². The van der Waals surface area contributed by atoms with Gasteiger partial charge in [-0.3, -0.25) is 0 Å². The fourth-order valence-electron chi connectivity index (χ4n) is 0.664. The lowest BCUT2D eigenvalue weighted by Gasteiger charge is -2.06. The van der Waals surface area contributed by atoms with Gasteiger partial charge >= 0.3 is 0 Å². The zero-order valence-electron chi connectivity index (χ0n) is 7.72. The number of hydrogen-bond acceptors (Lipinski definition) is 3. The lowest BCUT2D eigenvalue weighted by atomic mass is 10.4. The Morgan fingerprint density at radius 3 is 2.73 bits per heavy atom. The van der Waals surface area contributed by atoms with Crippen LogP contribution in [0, 0.1) is 0 Å². The molecule has 0 spiro atoms. The molecule has 0 radical (unpaired) electrons. The molecule has 0 unspecified atom stereocenters. The summed E-state index contributed by atoms with van der Waals surface area (Å²) >= 11 is 1.56. The highest BCUT2D eigenvalue weighted by Gasteiger charge is 1.91. The number of hydrogen-bond donors (Lipinski definition) is 1. The monoisotopic (exact) mass is 177 g/mol. The number of rotatable bonds is 7. The van der Waals surface area contributed by atoms with Gasteiger partial charge in [-0.05, 0) is 31.9 Å². The lowest BCUT2D eigenvalue weighted by molar-refractivity contribution is 0.401. The minimum Gasteiger partial charge on any atom is -0.316 e. The van der Waals surface area contributed by atoms with Gasteiger partial charge in [0.25, 0.3) is 0 Å². The summed E-state index contributed by atoms with van der Waals surface area (Å²) in [6.07, 6.45) is 1.18. The quantitative estimate of drug-likeness (QED) is 0.475. The van der Waals surface area contributed by atoms with E-state index >= 15 is 0 Å². The zero-order valence-corrected chi connectivity index (χ0v) is 8.54. The Labute approximate surface area is 74.3 Å². The molecule has 0 aliphatic rings. The maximum atomic E-state index is 5.13. The van der Waals surface area contributed by atoms with E-state index in [4.69, 9.17) is 4.18 Å². The molecular weight excluding hydrogens is 158 g/mol. The van der Waals surface area contributed by atoms with Gasteiger partial charge in [0.1, 0.15) is 0 Å². The van der Waals surface area contributed by atoms with Crippen LogP contribution in [0.3, 0.4) is 0 Å². The Balaban J connectivity index is 2.80. The van der Waals surface area contributed by atoms with Crippen molar-refractivity contribution < 1.29 is 4.18 Å². The van der Waals surface area contributed by atoms with Gasteiger partial charge < -0.3 is 9.50 Å². The maximum Gasteiger partial charge on any atom is 0.0585 e. The van der Waals surface area contributed by atoms with Crippen molar-refractivity contribution in [1.29, 1.82) is 0 Å². The van der Waals surface area contributed by atoms with Crippen molar-refractivity contribution in [2.45, 2.75) is 33.2 Å². The second kappa shape index (κ2) is 8.37. The standard InChI is InChI=1S/C8H19NOS/c1-4-10-11-7-5-6-9-8(2)3/h8-9H,4-7H2,1-3H3. The molecular formula is C8H19NOS. The predicted octanol–water partition coefficient (Wildman–Crippen LogP) is 2.06. The normalized spacial score (nSPS) is 10.9. The highest BCUT2D eigenvalue weighted by atomic mass is 32.2. The SMILES string of the molecule is CCOSCCCNC(C)C. The molecule has 11 heavy (non-hydrogen) atoms. The largest absolute Gasteiger partial charge is 0.316 e. The van der Waals surface area contributed by atoms with E-state index in [1.165, 1.54) is 6.42 Å². The minimum atomic E-state index is 0.604. The molecule has 3 heteroatoms. The van der Waals surface area contributed by atoms with Crippen molar-refractivity contribution in [3.8, 4) is 0 Å². The highest BCUT2D eigenvalue weighted by molar-refractivity contribution is 7.94. The van der Waals surface area contributed by atoms with E-state index in [9.17, 15) is 0 Å². The second-order valence-electron chi connectivity index (χ2n) is 2.69. The van der Waals surface area contributed by atoms with Gasteiger partial charge in [-0.2, -0.15) is 0 Å². The Kier molecular flexibility index (Phi) is 8.57. The molecule has 0 aromatic heterocycles. The maximum absolute atomic E-state index is 5.13. The predicted molar refractivity (Wildman–Crippen MR) is 51.8 cm³/mol. The Bertz CT molecular complexity index is 78.5. The highest BCUT2D eigenvalue weighted by Crippen LogP contribution is 2.02. The van der Waals surface area contributed by atoms with Crippen molar-refractivity contribution in [2.75, 3.05) is 18.9 Å². The van der Waals surface area contributed by atoms with Crippen LogP contribution in [-0.2, 0) is 4.18 Å². The van der Waals surface area contributed by atoms with E-state index in [0.29, 0.717) is 6.04 Å². The van der Waals surface area contributed by atoms with E-state index in [-0.39, 0.29) is 0 Å². The summed E-state index contributed by atoms with van der Waals surface area (Å²) in [6, 6.07) is 0.604. The fourth-order valence-corrected chi connectivity index (χ4v) is 1.21. The molecule has 0 heterocycles. The van der Waals surface area contributed by atoms with Crippen LogP contribution in [0.15, 0.2) is 0 Å². The number of nitrogens with one attached hydrogen (secondary N) is 1. The van der Waals surface area contributed by atoms with Gasteiger partial charge in [-0.1, -0.05) is 13.8 Å². The first-order valence-corrected chi connectivity index (χ1v) is 5.16. The molecule has 0 rings (SSSR count). The molecule has 68 valence electrons. The first-order valence-electron chi connectivity index (χ1n) is 4.25. The lowest BCUT2D eigenvalue weighted by Crippen LogP contribution is -2.23. The fraction of sp³-hybridized carbons (Fsp3) is 1.00. The zero-order chi connectivity index (χ0) is 8.53. The van der Waals surface area contributed by atoms with Gasteiger partial charge in [0.2, 0.25) is 0 Å². The summed E-state index contributed by atoms with van der Waals surface area (Å²) in [5.41, 5.74) is 0. The third kappa shape index (κ3) is 10.3. The average molecular weight is 177 g/mol. The summed E-state index contributed by atoms with van der Waals surface area (Å²) in [5, 5.41) is 3.35. The minimum absolute atomic E-state index is 0.604. The van der Waals surface area contributed by atoms with Crippen LogP contribution in [0.5, 0.6) is 0 Å². The Morgan fingerprint density at radius 1 is 1.45 bits per heavy atom. The summed E-state index contributed by atoms with van der Waals surface area (Å²) < 4.78 is 5.13. The van der Waals surface area contributed by atoms with Crippen molar-refractivity contribution in [2.24, 2.45) is 0 Å². The summed E-state index contributed by atoms with van der Waals surface area (Å²) in [4.78, 5) is 0. The van der Waals surface area contributed by atoms with Crippen LogP contribution in [0.2, 0.25) is 0 Å². The van der Waals surface area contributed by atoms with Crippen LogP contribution in [0.1, 0.15) is 27.2 Å². The van der Waals surface area contributed by atoms with Crippen molar-refractivity contribution in [1.82, 2.24) is 5.32 Å². The summed E-state index contributed by atoms with van der Waals surface area (Å²) in [5.74, 6) is 1.09. The van der Waals surface area contributed by atoms with E-state index in [1.54, 1.807) is 12.0 Å². The first-order chi connectivity index (χ1) is 5.27. The van der Waals surface area contributed by atoms with Gasteiger partial charge in [0.05, 0.1) is 6.61 Å². The van der Waals surface area contributed by atoms with Crippen LogP contribution in [0.25, 0.3) is 0 Å². The first kappa shape index (κ1) is 11.3. The van der Waals surface area contributed by atoms with Crippen molar-refractivity contribution in [3.63, 3.8) is 0 Å². The van der Waals surface area contributed by atoms with E-state index in [2.05, 4.69) is 19.2 Å². The smallest absolute Gasteiger partial charge is 0.0585 e. The van der Waals surface area contributed by atoms with Gasteiger partial charge in [0.15, 0.2) is 0 Å². The van der Waals surface area contributed by atoms with Gasteiger partial charge in [-0.25, -0.2) is 0 Å². The average Bonchev–Trinajstić information content (AvgIpc) is 1.96. The summed E-state index contributed by atoms with van der Waals surface area (Å²) in [6.45, 7) is 8.24. The molecule has 0 aliphatic carbocycles. The van der Waals surface area contributed by atoms with E-state index < -0.39 is 0 Å². The Hall–Kier alpha value is 0.270. The molecule has 0 aromatic carbocycles. The molecule has 0 bridgehead atoms. The van der Waals surface area contributed by atoms with Gasteiger partial charge in [-0.15, -0.1) is 0 Å². The molecule has 0 atom stereocenters.